The van der Waals surface area contributed by atoms with Crippen molar-refractivity contribution in [3.8, 4) is 33.4 Å². The van der Waals surface area contributed by atoms with E-state index < -0.39 is 10.8 Å². The Morgan fingerprint density at radius 3 is 0.962 bits per heavy atom. The zero-order valence-corrected chi connectivity index (χ0v) is 29.2. The van der Waals surface area contributed by atoms with Gasteiger partial charge in [-0.25, -0.2) is 0 Å². The lowest BCUT2D eigenvalue weighted by molar-refractivity contribution is 0.733. The zero-order valence-electron chi connectivity index (χ0n) is 29.2. The van der Waals surface area contributed by atoms with Crippen molar-refractivity contribution in [3.05, 3.63) is 238 Å². The lowest BCUT2D eigenvalue weighted by atomic mass is 9.62. The van der Waals surface area contributed by atoms with Gasteiger partial charge < -0.3 is 0 Å². The van der Waals surface area contributed by atoms with Gasteiger partial charge in [-0.1, -0.05) is 157 Å². The predicted molar refractivity (Wildman–Crippen MR) is 212 cm³/mol. The maximum Gasteiger partial charge on any atom is 0.0713 e. The van der Waals surface area contributed by atoms with Gasteiger partial charge >= 0.3 is 0 Å². The normalized spacial score (nSPS) is 14.3. The molecular formula is C50H36N2. The first-order chi connectivity index (χ1) is 25.6. The monoisotopic (exact) mass is 664 g/mol. The van der Waals surface area contributed by atoms with Crippen LogP contribution in [0.15, 0.2) is 183 Å². The van der Waals surface area contributed by atoms with Gasteiger partial charge in [0.05, 0.1) is 10.8 Å². The summed E-state index contributed by atoms with van der Waals surface area (Å²) in [6, 6.07) is 59.2. The lowest BCUT2D eigenvalue weighted by Gasteiger charge is -2.39. The van der Waals surface area contributed by atoms with Crippen LogP contribution in [0, 0.1) is 13.8 Å². The summed E-state index contributed by atoms with van der Waals surface area (Å²) < 4.78 is 0. The first kappa shape index (κ1) is 30.4. The van der Waals surface area contributed by atoms with Crippen LogP contribution < -0.4 is 0 Å². The van der Waals surface area contributed by atoms with Gasteiger partial charge in [-0.3, -0.25) is 9.97 Å². The minimum atomic E-state index is -0.523. The molecule has 0 aliphatic heterocycles. The third-order valence-corrected chi connectivity index (χ3v) is 11.6. The Morgan fingerprint density at radius 2 is 0.654 bits per heavy atom. The number of aromatic nitrogens is 2. The molecule has 246 valence electrons. The van der Waals surface area contributed by atoms with E-state index in [9.17, 15) is 0 Å². The highest BCUT2D eigenvalue weighted by Crippen LogP contribution is 2.66. The third-order valence-electron chi connectivity index (χ3n) is 11.6. The number of nitrogens with zero attached hydrogens (tertiary/aromatic N) is 2. The molecule has 6 aromatic carbocycles. The van der Waals surface area contributed by atoms with Gasteiger partial charge in [-0.05, 0) is 104 Å². The second-order valence-corrected chi connectivity index (χ2v) is 14.3. The van der Waals surface area contributed by atoms with E-state index in [-0.39, 0.29) is 0 Å². The van der Waals surface area contributed by atoms with E-state index in [4.69, 9.17) is 0 Å². The maximum atomic E-state index is 4.40. The summed E-state index contributed by atoms with van der Waals surface area (Å²) in [5.74, 6) is 0. The topological polar surface area (TPSA) is 25.8 Å². The molecule has 2 aliphatic rings. The fourth-order valence-electron chi connectivity index (χ4n) is 9.26. The van der Waals surface area contributed by atoms with Crippen LogP contribution in [0.5, 0.6) is 0 Å². The molecule has 2 aromatic heterocycles. The molecular weight excluding hydrogens is 629 g/mol. The second kappa shape index (κ2) is 11.6. The highest BCUT2D eigenvalue weighted by Gasteiger charge is 2.56. The van der Waals surface area contributed by atoms with Crippen LogP contribution in [0.25, 0.3) is 33.4 Å². The molecule has 0 saturated carbocycles. The largest absolute Gasteiger partial charge is 0.264 e. The standard InChI is InChI=1S/C50H36N2/c1-33-13-21-39(22-14-33)49(40-23-15-34(2)16-24-40)43-9-3-11-45-47(43)48-44(49)10-4-12-46(48)50(45,41-25-17-35(18-26-41)37-7-5-29-51-31-37)42-27-19-36(20-28-42)38-8-6-30-52-32-38/h3-32H,1-2H3. The highest BCUT2D eigenvalue weighted by atomic mass is 14.6. The minimum absolute atomic E-state index is 0.446. The molecule has 0 bridgehead atoms. The summed E-state index contributed by atoms with van der Waals surface area (Å²) >= 11 is 0. The van der Waals surface area contributed by atoms with E-state index in [1.807, 2.05) is 36.9 Å². The summed E-state index contributed by atoms with van der Waals surface area (Å²) in [7, 11) is 0. The molecule has 2 heterocycles. The van der Waals surface area contributed by atoms with Crippen molar-refractivity contribution in [1.29, 1.82) is 0 Å². The molecule has 2 nitrogen and oxygen atoms in total. The Hall–Kier alpha value is -6.38. The first-order valence-electron chi connectivity index (χ1n) is 18.0. The molecule has 52 heavy (non-hydrogen) atoms. The molecule has 0 unspecified atom stereocenters. The Balaban J connectivity index is 1.27. The van der Waals surface area contributed by atoms with Crippen molar-refractivity contribution in [1.82, 2.24) is 9.97 Å². The number of benzene rings is 6. The van der Waals surface area contributed by atoms with E-state index in [1.54, 1.807) is 0 Å². The number of hydrogen-bond acceptors (Lipinski definition) is 2. The zero-order chi connectivity index (χ0) is 34.9. The van der Waals surface area contributed by atoms with Crippen molar-refractivity contribution in [3.63, 3.8) is 0 Å². The van der Waals surface area contributed by atoms with E-state index in [0.717, 1.165) is 22.3 Å². The van der Waals surface area contributed by atoms with Gasteiger partial charge in [0, 0.05) is 24.8 Å². The number of hydrogen-bond donors (Lipinski definition) is 0. The number of aryl methyl sites for hydroxylation is 2. The molecule has 8 aromatic rings. The predicted octanol–water partition coefficient (Wildman–Crippen LogP) is 11.5. The Labute approximate surface area is 305 Å². The first-order valence-corrected chi connectivity index (χ1v) is 18.0. The van der Waals surface area contributed by atoms with Gasteiger partial charge in [0.2, 0.25) is 0 Å². The van der Waals surface area contributed by atoms with Crippen molar-refractivity contribution in [2.24, 2.45) is 0 Å². The van der Waals surface area contributed by atoms with Crippen molar-refractivity contribution >= 4 is 0 Å². The quantitative estimate of drug-likeness (QED) is 0.177. The number of rotatable bonds is 6. The Kier molecular flexibility index (Phi) is 6.78. The fourth-order valence-corrected chi connectivity index (χ4v) is 9.26. The Bertz CT molecular complexity index is 2400. The van der Waals surface area contributed by atoms with Crippen LogP contribution >= 0.6 is 0 Å². The van der Waals surface area contributed by atoms with Crippen LogP contribution in [0.3, 0.4) is 0 Å². The lowest BCUT2D eigenvalue weighted by Crippen LogP contribution is -2.33. The summed E-state index contributed by atoms with van der Waals surface area (Å²) in [4.78, 5) is 8.80. The smallest absolute Gasteiger partial charge is 0.0713 e. The van der Waals surface area contributed by atoms with Crippen molar-refractivity contribution < 1.29 is 0 Å². The molecule has 0 radical (unpaired) electrons. The summed E-state index contributed by atoms with van der Waals surface area (Å²) in [5, 5.41) is 0. The molecule has 0 amide bonds. The molecule has 0 atom stereocenters. The molecule has 10 rings (SSSR count). The van der Waals surface area contributed by atoms with Gasteiger partial charge in [-0.2, -0.15) is 0 Å². The van der Waals surface area contributed by atoms with Crippen LogP contribution in [0.2, 0.25) is 0 Å². The van der Waals surface area contributed by atoms with Crippen molar-refractivity contribution in [2.75, 3.05) is 0 Å². The van der Waals surface area contributed by atoms with Crippen LogP contribution in [-0.4, -0.2) is 9.97 Å². The molecule has 2 heteroatoms. The molecule has 0 fully saturated rings. The van der Waals surface area contributed by atoms with Gasteiger partial charge in [0.25, 0.3) is 0 Å². The maximum absolute atomic E-state index is 4.40. The van der Waals surface area contributed by atoms with Crippen LogP contribution in [0.4, 0.5) is 0 Å². The number of pyridine rings is 2. The minimum Gasteiger partial charge on any atom is -0.264 e. The van der Waals surface area contributed by atoms with E-state index in [1.165, 1.54) is 66.8 Å². The summed E-state index contributed by atoms with van der Waals surface area (Å²) in [6.07, 6.45) is 7.54. The van der Waals surface area contributed by atoms with Gasteiger partial charge in [0.15, 0.2) is 0 Å². The summed E-state index contributed by atoms with van der Waals surface area (Å²) in [5.41, 5.74) is 19.3. The molecule has 0 saturated heterocycles. The van der Waals surface area contributed by atoms with E-state index >= 15 is 0 Å². The van der Waals surface area contributed by atoms with E-state index in [2.05, 4.69) is 169 Å². The van der Waals surface area contributed by atoms with Gasteiger partial charge in [-0.15, -0.1) is 0 Å². The van der Waals surface area contributed by atoms with E-state index in [0.29, 0.717) is 0 Å². The fraction of sp³-hybridized carbons (Fsp3) is 0.0800. The SMILES string of the molecule is Cc1ccc(C2(c3ccc(C)cc3)c3cccc4c3-c3c2cccc3C4(c2ccc(-c3cccnc3)cc2)c2ccc(-c3cccnc3)cc2)cc1. The third kappa shape index (κ3) is 4.18. The van der Waals surface area contributed by atoms with Crippen LogP contribution in [0.1, 0.15) is 55.6 Å². The average Bonchev–Trinajstić information content (AvgIpc) is 3.69. The molecule has 0 spiro atoms. The highest BCUT2D eigenvalue weighted by molar-refractivity contribution is 5.98. The molecule has 0 N–H and O–H groups in total. The Morgan fingerprint density at radius 1 is 0.327 bits per heavy atom. The molecule has 2 aliphatic carbocycles. The van der Waals surface area contributed by atoms with Gasteiger partial charge in [0.1, 0.15) is 0 Å². The average molecular weight is 665 g/mol. The summed E-state index contributed by atoms with van der Waals surface area (Å²) in [6.45, 7) is 4.34. The van der Waals surface area contributed by atoms with Crippen LogP contribution in [-0.2, 0) is 10.8 Å². The van der Waals surface area contributed by atoms with Crippen molar-refractivity contribution in [2.45, 2.75) is 24.7 Å². The second-order valence-electron chi connectivity index (χ2n) is 14.3.